The molecule has 0 saturated carbocycles. The van der Waals surface area contributed by atoms with Gasteiger partial charge in [-0.2, -0.15) is 0 Å². The van der Waals surface area contributed by atoms with E-state index in [9.17, 15) is 9.59 Å². The molecule has 2 aliphatic rings. The van der Waals surface area contributed by atoms with Crippen molar-refractivity contribution in [3.05, 3.63) is 54.1 Å². The van der Waals surface area contributed by atoms with Crippen LogP contribution in [-0.4, -0.2) is 56.0 Å². The summed E-state index contributed by atoms with van der Waals surface area (Å²) >= 11 is 0. The largest absolute Gasteiger partial charge is 0.495 e. The van der Waals surface area contributed by atoms with Crippen LogP contribution in [-0.2, 0) is 9.59 Å². The van der Waals surface area contributed by atoms with Crippen LogP contribution in [0.2, 0.25) is 0 Å². The molecule has 0 radical (unpaired) electrons. The second-order valence-corrected chi connectivity index (χ2v) is 7.32. The van der Waals surface area contributed by atoms with Gasteiger partial charge in [0.05, 0.1) is 30.9 Å². The maximum atomic E-state index is 13.0. The van der Waals surface area contributed by atoms with Gasteiger partial charge in [-0.05, 0) is 36.8 Å². The Balaban J connectivity index is 1.45. The van der Waals surface area contributed by atoms with Crippen LogP contribution in [0.25, 0.3) is 0 Å². The standard InChI is InChI=1S/C22H25N3O3/c1-16-6-5-7-17(14-16)25-21(26)15-19(22(25)27)24-12-10-23(11-13-24)18-8-3-4-9-20(18)28-2/h3-9,14,19H,10-13,15H2,1-2H3. The number of rotatable bonds is 4. The Morgan fingerprint density at radius 1 is 0.964 bits per heavy atom. The normalized spacial score (nSPS) is 20.7. The molecule has 28 heavy (non-hydrogen) atoms. The highest BCUT2D eigenvalue weighted by Crippen LogP contribution is 2.30. The Hall–Kier alpha value is -2.86. The predicted molar refractivity (Wildman–Crippen MR) is 109 cm³/mol. The van der Waals surface area contributed by atoms with Crippen LogP contribution in [0.5, 0.6) is 5.75 Å². The van der Waals surface area contributed by atoms with Crippen molar-refractivity contribution in [2.75, 3.05) is 43.1 Å². The number of carbonyl (C=O) groups excluding carboxylic acids is 2. The number of benzene rings is 2. The first-order chi connectivity index (χ1) is 13.6. The predicted octanol–water partition coefficient (Wildman–Crippen LogP) is 2.46. The summed E-state index contributed by atoms with van der Waals surface area (Å²) in [5.74, 6) is 0.628. The molecule has 2 fully saturated rings. The van der Waals surface area contributed by atoms with Gasteiger partial charge < -0.3 is 9.64 Å². The molecule has 0 N–H and O–H groups in total. The Bertz CT molecular complexity index is 890. The van der Waals surface area contributed by atoms with E-state index in [-0.39, 0.29) is 24.3 Å². The van der Waals surface area contributed by atoms with Gasteiger partial charge in [0.15, 0.2) is 0 Å². The van der Waals surface area contributed by atoms with E-state index in [0.717, 1.165) is 43.2 Å². The summed E-state index contributed by atoms with van der Waals surface area (Å²) in [5.41, 5.74) is 2.77. The fourth-order valence-electron chi connectivity index (χ4n) is 4.11. The minimum absolute atomic E-state index is 0.110. The zero-order valence-electron chi connectivity index (χ0n) is 16.3. The molecular weight excluding hydrogens is 354 g/mol. The maximum Gasteiger partial charge on any atom is 0.251 e. The Morgan fingerprint density at radius 2 is 1.71 bits per heavy atom. The summed E-state index contributed by atoms with van der Waals surface area (Å²) < 4.78 is 5.47. The highest BCUT2D eigenvalue weighted by Gasteiger charge is 2.43. The number of ether oxygens (including phenoxy) is 1. The first kappa shape index (κ1) is 18.5. The molecular formula is C22H25N3O3. The number of piperazine rings is 1. The van der Waals surface area contributed by atoms with Crippen LogP contribution in [0.1, 0.15) is 12.0 Å². The van der Waals surface area contributed by atoms with E-state index >= 15 is 0 Å². The average Bonchev–Trinajstić information content (AvgIpc) is 3.02. The van der Waals surface area contributed by atoms with Gasteiger partial charge in [0.1, 0.15) is 5.75 Å². The van der Waals surface area contributed by atoms with Crippen molar-refractivity contribution in [2.24, 2.45) is 0 Å². The molecule has 0 bridgehead atoms. The quantitative estimate of drug-likeness (QED) is 0.764. The smallest absolute Gasteiger partial charge is 0.251 e. The number of para-hydroxylation sites is 2. The molecule has 146 valence electrons. The van der Waals surface area contributed by atoms with Gasteiger partial charge in [0, 0.05) is 26.2 Å². The summed E-state index contributed by atoms with van der Waals surface area (Å²) in [7, 11) is 1.68. The van der Waals surface area contributed by atoms with Gasteiger partial charge in [-0.3, -0.25) is 14.5 Å². The first-order valence-corrected chi connectivity index (χ1v) is 9.64. The van der Waals surface area contributed by atoms with Crippen molar-refractivity contribution in [3.8, 4) is 5.75 Å². The third-order valence-electron chi connectivity index (χ3n) is 5.56. The molecule has 6 nitrogen and oxygen atoms in total. The minimum atomic E-state index is -0.368. The van der Waals surface area contributed by atoms with Crippen LogP contribution >= 0.6 is 0 Å². The number of hydrogen-bond acceptors (Lipinski definition) is 5. The lowest BCUT2D eigenvalue weighted by atomic mass is 10.1. The number of anilines is 2. The highest BCUT2D eigenvalue weighted by molar-refractivity contribution is 6.22. The number of methoxy groups -OCH3 is 1. The summed E-state index contributed by atoms with van der Waals surface area (Å²) in [6.07, 6.45) is 0.251. The summed E-state index contributed by atoms with van der Waals surface area (Å²) in [4.78, 5) is 31.3. The van der Waals surface area contributed by atoms with E-state index in [1.165, 1.54) is 4.90 Å². The molecule has 0 aromatic heterocycles. The lowest BCUT2D eigenvalue weighted by Gasteiger charge is -2.38. The zero-order valence-corrected chi connectivity index (χ0v) is 16.3. The van der Waals surface area contributed by atoms with Crippen LogP contribution in [0, 0.1) is 6.92 Å². The van der Waals surface area contributed by atoms with Gasteiger partial charge in [0.2, 0.25) is 5.91 Å². The van der Waals surface area contributed by atoms with Gasteiger partial charge in [-0.15, -0.1) is 0 Å². The topological polar surface area (TPSA) is 53.1 Å². The van der Waals surface area contributed by atoms with E-state index < -0.39 is 0 Å². The molecule has 0 spiro atoms. The number of nitrogens with zero attached hydrogens (tertiary/aromatic N) is 3. The summed E-state index contributed by atoms with van der Waals surface area (Å²) in [6, 6.07) is 15.2. The maximum absolute atomic E-state index is 13.0. The second kappa shape index (κ2) is 7.64. The lowest BCUT2D eigenvalue weighted by Crippen LogP contribution is -2.52. The number of hydrogen-bond donors (Lipinski definition) is 0. The van der Waals surface area contributed by atoms with Gasteiger partial charge in [-0.25, -0.2) is 4.90 Å². The fourth-order valence-corrected chi connectivity index (χ4v) is 4.11. The first-order valence-electron chi connectivity index (χ1n) is 9.64. The molecule has 4 rings (SSSR count). The molecule has 2 saturated heterocycles. The monoisotopic (exact) mass is 379 g/mol. The molecule has 2 aliphatic heterocycles. The van der Waals surface area contributed by atoms with E-state index in [2.05, 4.69) is 15.9 Å². The number of carbonyl (C=O) groups is 2. The van der Waals surface area contributed by atoms with Crippen molar-refractivity contribution in [1.29, 1.82) is 0 Å². The van der Waals surface area contributed by atoms with Crippen LogP contribution in [0.3, 0.4) is 0 Å². The third-order valence-corrected chi connectivity index (χ3v) is 5.56. The van der Waals surface area contributed by atoms with Crippen LogP contribution < -0.4 is 14.5 Å². The van der Waals surface area contributed by atoms with Gasteiger partial charge in [0.25, 0.3) is 5.91 Å². The van der Waals surface area contributed by atoms with Crippen molar-refractivity contribution >= 4 is 23.2 Å². The van der Waals surface area contributed by atoms with Crippen molar-refractivity contribution in [2.45, 2.75) is 19.4 Å². The van der Waals surface area contributed by atoms with Crippen LogP contribution in [0.15, 0.2) is 48.5 Å². The average molecular weight is 379 g/mol. The van der Waals surface area contributed by atoms with Crippen molar-refractivity contribution < 1.29 is 14.3 Å². The molecule has 2 heterocycles. The van der Waals surface area contributed by atoms with Gasteiger partial charge >= 0.3 is 0 Å². The zero-order chi connectivity index (χ0) is 19.7. The molecule has 6 heteroatoms. The Labute approximate surface area is 165 Å². The van der Waals surface area contributed by atoms with Crippen molar-refractivity contribution in [1.82, 2.24) is 4.90 Å². The molecule has 1 atom stereocenters. The summed E-state index contributed by atoms with van der Waals surface area (Å²) in [6.45, 7) is 5.03. The Morgan fingerprint density at radius 3 is 2.43 bits per heavy atom. The minimum Gasteiger partial charge on any atom is -0.495 e. The Kier molecular flexibility index (Phi) is 5.05. The molecule has 2 aromatic rings. The lowest BCUT2D eigenvalue weighted by molar-refractivity contribution is -0.123. The van der Waals surface area contributed by atoms with E-state index in [1.807, 2.05) is 49.4 Å². The van der Waals surface area contributed by atoms with E-state index in [0.29, 0.717) is 5.69 Å². The van der Waals surface area contributed by atoms with Crippen LogP contribution in [0.4, 0.5) is 11.4 Å². The van der Waals surface area contributed by atoms with Gasteiger partial charge in [-0.1, -0.05) is 24.3 Å². The fraction of sp³-hybridized carbons (Fsp3) is 0.364. The molecule has 1 unspecified atom stereocenters. The highest BCUT2D eigenvalue weighted by atomic mass is 16.5. The number of aryl methyl sites for hydroxylation is 1. The molecule has 0 aliphatic carbocycles. The van der Waals surface area contributed by atoms with E-state index in [1.54, 1.807) is 7.11 Å². The van der Waals surface area contributed by atoms with E-state index in [4.69, 9.17) is 4.74 Å². The SMILES string of the molecule is COc1ccccc1N1CCN(C2CC(=O)N(c3cccc(C)c3)C2=O)CC1. The summed E-state index contributed by atoms with van der Waals surface area (Å²) in [5, 5.41) is 0. The third kappa shape index (κ3) is 3.36. The second-order valence-electron chi connectivity index (χ2n) is 7.32. The molecule has 2 aromatic carbocycles. The molecule has 2 amide bonds. The number of amides is 2. The number of imide groups is 1. The van der Waals surface area contributed by atoms with Crippen molar-refractivity contribution in [3.63, 3.8) is 0 Å².